The van der Waals surface area contributed by atoms with Gasteiger partial charge in [0.05, 0.1) is 17.4 Å². The van der Waals surface area contributed by atoms with E-state index in [9.17, 15) is 0 Å². The molecule has 3 rings (SSSR count). The fourth-order valence-corrected chi connectivity index (χ4v) is 2.06. The third-order valence-electron chi connectivity index (χ3n) is 2.85. The minimum Gasteiger partial charge on any atom is -0.313 e. The van der Waals surface area contributed by atoms with Gasteiger partial charge in [-0.05, 0) is 25.1 Å². The van der Waals surface area contributed by atoms with E-state index in [1.807, 2.05) is 0 Å². The van der Waals surface area contributed by atoms with Crippen molar-refractivity contribution in [3.8, 4) is 0 Å². The summed E-state index contributed by atoms with van der Waals surface area (Å²) in [5.41, 5.74) is 2.43. The van der Waals surface area contributed by atoms with E-state index in [0.717, 1.165) is 5.96 Å². The van der Waals surface area contributed by atoms with Gasteiger partial charge in [-0.3, -0.25) is 4.90 Å². The number of rotatable bonds is 0. The minimum atomic E-state index is 0.271. The first-order valence-electron chi connectivity index (χ1n) is 5.15. The van der Waals surface area contributed by atoms with E-state index in [0.29, 0.717) is 0 Å². The lowest BCUT2D eigenvalue weighted by molar-refractivity contribution is 0.894. The molecule has 0 aliphatic carbocycles. The average Bonchev–Trinajstić information content (AvgIpc) is 2.54. The van der Waals surface area contributed by atoms with Gasteiger partial charge in [-0.2, -0.15) is 0 Å². The third kappa shape index (κ3) is 1.09. The Balaban J connectivity index is 2.17. The van der Waals surface area contributed by atoms with Gasteiger partial charge >= 0.3 is 0 Å². The molecule has 2 aliphatic heterocycles. The Labute approximate surface area is 89.3 Å². The van der Waals surface area contributed by atoms with Gasteiger partial charge in [-0.1, -0.05) is 12.1 Å². The van der Waals surface area contributed by atoms with Gasteiger partial charge < -0.3 is 4.90 Å². The summed E-state index contributed by atoms with van der Waals surface area (Å²) in [5.74, 6) is 1.02. The minimum absolute atomic E-state index is 0.271. The van der Waals surface area contributed by atoms with E-state index < -0.39 is 0 Å². The number of anilines is 2. The third-order valence-corrected chi connectivity index (χ3v) is 2.85. The maximum atomic E-state index is 4.62. The summed E-state index contributed by atoms with van der Waals surface area (Å²) in [7, 11) is 2.06. The van der Waals surface area contributed by atoms with E-state index in [1.165, 1.54) is 11.4 Å². The molecule has 0 N–H and O–H groups in total. The van der Waals surface area contributed by atoms with Crippen molar-refractivity contribution in [2.45, 2.75) is 13.0 Å². The van der Waals surface area contributed by atoms with Crippen molar-refractivity contribution in [1.82, 2.24) is 0 Å². The SMILES string of the molecule is CC1C=CN2C(=N1)N(C)c1ccccc12. The summed E-state index contributed by atoms with van der Waals surface area (Å²) in [4.78, 5) is 8.89. The number of hydrogen-bond acceptors (Lipinski definition) is 3. The Kier molecular flexibility index (Phi) is 1.63. The number of para-hydroxylation sites is 2. The topological polar surface area (TPSA) is 18.8 Å². The number of aliphatic imine (C=N–C) groups is 1. The molecule has 0 fully saturated rings. The zero-order chi connectivity index (χ0) is 10.4. The molecule has 3 heteroatoms. The number of guanidine groups is 1. The molecule has 2 heterocycles. The Morgan fingerprint density at radius 3 is 2.73 bits per heavy atom. The van der Waals surface area contributed by atoms with Crippen molar-refractivity contribution in [3.05, 3.63) is 36.5 Å². The van der Waals surface area contributed by atoms with Crippen LogP contribution in [0.2, 0.25) is 0 Å². The van der Waals surface area contributed by atoms with Gasteiger partial charge in [0.15, 0.2) is 0 Å². The van der Waals surface area contributed by atoms with Crippen LogP contribution >= 0.6 is 0 Å². The fourth-order valence-electron chi connectivity index (χ4n) is 2.06. The van der Waals surface area contributed by atoms with Crippen molar-refractivity contribution < 1.29 is 0 Å². The standard InChI is InChI=1S/C12H13N3/c1-9-7-8-15-11-6-4-3-5-10(11)14(2)12(15)13-9/h3-9H,1-2H3. The second-order valence-electron chi connectivity index (χ2n) is 3.93. The summed E-state index contributed by atoms with van der Waals surface area (Å²) in [6, 6.07) is 8.62. The molecule has 76 valence electrons. The predicted molar refractivity (Wildman–Crippen MR) is 63.4 cm³/mol. The molecular weight excluding hydrogens is 186 g/mol. The second-order valence-corrected chi connectivity index (χ2v) is 3.93. The molecule has 0 bridgehead atoms. The van der Waals surface area contributed by atoms with E-state index in [-0.39, 0.29) is 6.04 Å². The van der Waals surface area contributed by atoms with Gasteiger partial charge in [0.2, 0.25) is 5.96 Å². The molecule has 0 spiro atoms. The smallest absolute Gasteiger partial charge is 0.210 e. The lowest BCUT2D eigenvalue weighted by atomic mass is 10.2. The van der Waals surface area contributed by atoms with Gasteiger partial charge in [-0.25, -0.2) is 4.99 Å². The molecule has 1 aromatic carbocycles. The van der Waals surface area contributed by atoms with Crippen LogP contribution in [0.1, 0.15) is 6.92 Å². The Bertz CT molecular complexity index is 462. The monoisotopic (exact) mass is 199 g/mol. The summed E-state index contributed by atoms with van der Waals surface area (Å²) in [6.45, 7) is 2.09. The number of hydrogen-bond donors (Lipinski definition) is 0. The summed E-state index contributed by atoms with van der Waals surface area (Å²) >= 11 is 0. The van der Waals surface area contributed by atoms with E-state index in [4.69, 9.17) is 0 Å². The Hall–Kier alpha value is -1.77. The first-order chi connectivity index (χ1) is 7.27. The van der Waals surface area contributed by atoms with Crippen molar-refractivity contribution in [2.24, 2.45) is 4.99 Å². The van der Waals surface area contributed by atoms with Crippen LogP contribution in [0.15, 0.2) is 41.5 Å². The zero-order valence-electron chi connectivity index (χ0n) is 8.88. The maximum absolute atomic E-state index is 4.62. The Morgan fingerprint density at radius 2 is 1.93 bits per heavy atom. The van der Waals surface area contributed by atoms with Crippen LogP contribution in [-0.2, 0) is 0 Å². The highest BCUT2D eigenvalue weighted by Crippen LogP contribution is 2.37. The molecule has 1 aromatic rings. The van der Waals surface area contributed by atoms with Crippen molar-refractivity contribution in [2.75, 3.05) is 16.8 Å². The second kappa shape index (κ2) is 2.86. The lowest BCUT2D eigenvalue weighted by Crippen LogP contribution is -2.35. The largest absolute Gasteiger partial charge is 0.313 e. The van der Waals surface area contributed by atoms with Crippen molar-refractivity contribution in [1.29, 1.82) is 0 Å². The summed E-state index contributed by atoms with van der Waals surface area (Å²) < 4.78 is 0. The zero-order valence-corrected chi connectivity index (χ0v) is 8.88. The molecular formula is C12H13N3. The molecule has 1 unspecified atom stereocenters. The first kappa shape index (κ1) is 8.53. The molecule has 0 aromatic heterocycles. The van der Waals surface area contributed by atoms with Crippen LogP contribution in [-0.4, -0.2) is 19.0 Å². The van der Waals surface area contributed by atoms with Crippen LogP contribution in [0.25, 0.3) is 0 Å². The van der Waals surface area contributed by atoms with Gasteiger partial charge in [0, 0.05) is 13.2 Å². The molecule has 0 amide bonds. The van der Waals surface area contributed by atoms with Crippen LogP contribution in [0.4, 0.5) is 11.4 Å². The molecule has 0 saturated carbocycles. The molecule has 15 heavy (non-hydrogen) atoms. The van der Waals surface area contributed by atoms with E-state index in [1.54, 1.807) is 0 Å². The van der Waals surface area contributed by atoms with Crippen LogP contribution in [0, 0.1) is 0 Å². The average molecular weight is 199 g/mol. The molecule has 0 radical (unpaired) electrons. The summed E-state index contributed by atoms with van der Waals surface area (Å²) in [6.07, 6.45) is 4.22. The lowest BCUT2D eigenvalue weighted by Gasteiger charge is -2.22. The van der Waals surface area contributed by atoms with Crippen molar-refractivity contribution in [3.63, 3.8) is 0 Å². The highest BCUT2D eigenvalue weighted by Gasteiger charge is 2.30. The van der Waals surface area contributed by atoms with Crippen LogP contribution in [0.5, 0.6) is 0 Å². The van der Waals surface area contributed by atoms with E-state index >= 15 is 0 Å². The molecule has 2 aliphatic rings. The van der Waals surface area contributed by atoms with Crippen LogP contribution < -0.4 is 9.80 Å². The molecule has 1 atom stereocenters. The quantitative estimate of drug-likeness (QED) is 0.638. The van der Waals surface area contributed by atoms with Crippen LogP contribution in [0.3, 0.4) is 0 Å². The fraction of sp³-hybridized carbons (Fsp3) is 0.250. The first-order valence-corrected chi connectivity index (χ1v) is 5.15. The van der Waals surface area contributed by atoms with E-state index in [2.05, 4.69) is 65.3 Å². The Morgan fingerprint density at radius 1 is 1.20 bits per heavy atom. The van der Waals surface area contributed by atoms with Gasteiger partial charge in [-0.15, -0.1) is 0 Å². The van der Waals surface area contributed by atoms with Gasteiger partial charge in [0.1, 0.15) is 0 Å². The maximum Gasteiger partial charge on any atom is 0.210 e. The normalized spacial score (nSPS) is 22.5. The molecule has 3 nitrogen and oxygen atoms in total. The number of benzene rings is 1. The molecule has 0 saturated heterocycles. The van der Waals surface area contributed by atoms with Crippen molar-refractivity contribution >= 4 is 17.3 Å². The van der Waals surface area contributed by atoms with Gasteiger partial charge in [0.25, 0.3) is 0 Å². The highest BCUT2D eigenvalue weighted by molar-refractivity contribution is 6.17. The number of fused-ring (bicyclic) bond motifs is 3. The summed E-state index contributed by atoms with van der Waals surface area (Å²) in [5, 5.41) is 0. The number of nitrogens with zero attached hydrogens (tertiary/aromatic N) is 3. The highest BCUT2D eigenvalue weighted by atomic mass is 15.4. The predicted octanol–water partition coefficient (Wildman–Crippen LogP) is 2.21.